The van der Waals surface area contributed by atoms with E-state index in [1.807, 2.05) is 47.6 Å². The number of aryl methyl sites for hydroxylation is 2. The number of furan rings is 1. The van der Waals surface area contributed by atoms with Crippen molar-refractivity contribution < 1.29 is 34.4 Å². The van der Waals surface area contributed by atoms with E-state index in [0.29, 0.717) is 0 Å². The van der Waals surface area contributed by atoms with Crippen LogP contribution in [-0.2, 0) is 30.3 Å². The summed E-state index contributed by atoms with van der Waals surface area (Å²) < 4.78 is 6.44. The average Bonchev–Trinajstić information content (AvgIpc) is 3.36. The summed E-state index contributed by atoms with van der Waals surface area (Å²) in [7, 11) is 0. The zero-order valence-corrected chi connectivity index (χ0v) is 34.2. The van der Waals surface area contributed by atoms with Crippen molar-refractivity contribution in [3.8, 4) is 11.3 Å². The van der Waals surface area contributed by atoms with Gasteiger partial charge in [0.15, 0.2) is 5.78 Å². The molecular formula is C44H51IrN2O3-. The van der Waals surface area contributed by atoms with E-state index in [4.69, 9.17) is 14.4 Å². The molecule has 0 saturated heterocycles. The molecule has 6 heteroatoms. The number of fused-ring (bicyclic) bond motifs is 6. The minimum Gasteiger partial charge on any atom is -0.512 e. The molecule has 0 amide bonds. The second kappa shape index (κ2) is 14.0. The van der Waals surface area contributed by atoms with Gasteiger partial charge in [-0.1, -0.05) is 124 Å². The molecular weight excluding hydrogens is 797 g/mol. The van der Waals surface area contributed by atoms with Crippen molar-refractivity contribution in [1.82, 2.24) is 9.97 Å². The molecule has 5 nitrogen and oxygen atoms in total. The molecule has 265 valence electrons. The number of aliphatic hydroxyl groups excluding tert-OH is 1. The first-order valence-electron chi connectivity index (χ1n) is 17.2. The van der Waals surface area contributed by atoms with Crippen LogP contribution >= 0.6 is 0 Å². The molecule has 0 aliphatic carbocycles. The molecule has 0 unspecified atom stereocenters. The molecule has 2 heterocycles. The van der Waals surface area contributed by atoms with E-state index in [2.05, 4.69) is 103 Å². The third-order valence-electron chi connectivity index (χ3n) is 8.98. The number of ketones is 1. The Bertz CT molecular complexity index is 2250. The van der Waals surface area contributed by atoms with Gasteiger partial charge < -0.3 is 9.52 Å². The normalized spacial score (nSPS) is 12.8. The molecule has 0 saturated carbocycles. The topological polar surface area (TPSA) is 76.2 Å². The van der Waals surface area contributed by atoms with Crippen LogP contribution < -0.4 is 0 Å². The maximum atomic E-state index is 11.5. The van der Waals surface area contributed by atoms with Crippen LogP contribution in [0.1, 0.15) is 105 Å². The molecule has 4 aromatic carbocycles. The van der Waals surface area contributed by atoms with Crippen LogP contribution in [0.5, 0.6) is 0 Å². The first-order valence-corrected chi connectivity index (χ1v) is 17.2. The second-order valence-electron chi connectivity index (χ2n) is 16.8. The van der Waals surface area contributed by atoms with E-state index in [0.717, 1.165) is 49.9 Å². The summed E-state index contributed by atoms with van der Waals surface area (Å²) in [4.78, 5) is 21.7. The maximum Gasteiger partial charge on any atom is 0.164 e. The summed E-state index contributed by atoms with van der Waals surface area (Å²) in [5.41, 5.74) is 7.56. The Morgan fingerprint density at radius 1 is 0.840 bits per heavy atom. The SMILES string of the molecule is CC(C)(C)C(=O)/C=C(\O)C(C)(C)C.Cc1ccc2c(c1)oc1c(-c3nc(C(C)C)nc4c3ccc3cc(C(C)(C)C)cc(C)c34)[c-]ccc12.[Ir]. The summed E-state index contributed by atoms with van der Waals surface area (Å²) in [5, 5.41) is 15.2. The molecule has 0 atom stereocenters. The van der Waals surface area contributed by atoms with Crippen LogP contribution in [0, 0.1) is 30.7 Å². The number of hydrogen-bond donors (Lipinski definition) is 1. The summed E-state index contributed by atoms with van der Waals surface area (Å²) in [6.45, 7) is 26.5. The van der Waals surface area contributed by atoms with Gasteiger partial charge in [0, 0.05) is 59.4 Å². The fourth-order valence-electron chi connectivity index (χ4n) is 5.74. The number of hydrogen-bond acceptors (Lipinski definition) is 5. The largest absolute Gasteiger partial charge is 0.512 e. The van der Waals surface area contributed by atoms with Crippen molar-refractivity contribution >= 4 is 49.4 Å². The second-order valence-corrected chi connectivity index (χ2v) is 16.8. The van der Waals surface area contributed by atoms with Gasteiger partial charge in [-0.3, -0.25) is 9.78 Å². The van der Waals surface area contributed by atoms with Gasteiger partial charge in [0.05, 0.1) is 11.1 Å². The van der Waals surface area contributed by atoms with Gasteiger partial charge in [0.25, 0.3) is 0 Å². The van der Waals surface area contributed by atoms with Gasteiger partial charge in [-0.25, -0.2) is 4.98 Å². The molecule has 50 heavy (non-hydrogen) atoms. The Labute approximate surface area is 310 Å². The zero-order chi connectivity index (χ0) is 36.2. The van der Waals surface area contributed by atoms with E-state index in [9.17, 15) is 9.90 Å². The fraction of sp³-hybridized carbons (Fsp3) is 0.386. The average molecular weight is 848 g/mol. The first-order chi connectivity index (χ1) is 22.7. The van der Waals surface area contributed by atoms with Crippen molar-refractivity contribution in [2.24, 2.45) is 10.8 Å². The third-order valence-corrected chi connectivity index (χ3v) is 8.98. The molecule has 1 N–H and O–H groups in total. The number of benzene rings is 4. The van der Waals surface area contributed by atoms with E-state index >= 15 is 0 Å². The number of carbonyl (C=O) groups excluding carboxylic acids is 1. The third kappa shape index (κ3) is 7.87. The molecule has 2 aromatic heterocycles. The predicted octanol–water partition coefficient (Wildman–Crippen LogP) is 12.3. The van der Waals surface area contributed by atoms with Gasteiger partial charge in [-0.05, 0) is 52.8 Å². The van der Waals surface area contributed by atoms with Crippen LogP contribution in [0.25, 0.3) is 54.9 Å². The van der Waals surface area contributed by atoms with Gasteiger partial charge in [0.2, 0.25) is 0 Å². The number of allylic oxidation sites excluding steroid dienone is 2. The van der Waals surface area contributed by atoms with Crippen molar-refractivity contribution in [3.63, 3.8) is 0 Å². The minimum atomic E-state index is -0.417. The maximum absolute atomic E-state index is 11.5. The number of aliphatic hydroxyl groups is 1. The van der Waals surface area contributed by atoms with Crippen molar-refractivity contribution in [2.75, 3.05) is 0 Å². The van der Waals surface area contributed by atoms with Crippen LogP contribution in [0.4, 0.5) is 0 Å². The van der Waals surface area contributed by atoms with Crippen molar-refractivity contribution in [2.45, 2.75) is 101 Å². The van der Waals surface area contributed by atoms with Crippen LogP contribution in [-0.4, -0.2) is 20.9 Å². The Morgan fingerprint density at radius 3 is 2.10 bits per heavy atom. The molecule has 1 radical (unpaired) electrons. The van der Waals surface area contributed by atoms with Gasteiger partial charge in [-0.2, -0.15) is 0 Å². The molecule has 6 aromatic rings. The molecule has 0 fully saturated rings. The minimum absolute atomic E-state index is 0. The standard InChI is InChI=1S/C33H31N2O.C11H20O2.Ir/c1-18(2)32-34-29(26-10-8-9-24-23-13-11-19(3)15-27(23)36-31(24)26)25-14-12-21-17-22(33(5,6)7)16-20(4)28(21)30(25)35-32;1-10(2,3)8(12)7-9(13)11(4,5)6;/h8-9,11-18H,1-7H3;7,12H,1-6H3;/q-1;;/b;8-7-;. The Hall–Kier alpha value is -3.86. The molecule has 0 bridgehead atoms. The Morgan fingerprint density at radius 2 is 1.50 bits per heavy atom. The Balaban J connectivity index is 0.000000345. The van der Waals surface area contributed by atoms with Gasteiger partial charge >= 0.3 is 0 Å². The fourth-order valence-corrected chi connectivity index (χ4v) is 5.74. The first kappa shape index (κ1) is 38.9. The summed E-state index contributed by atoms with van der Waals surface area (Å²) in [6.07, 6.45) is 1.33. The molecule has 0 spiro atoms. The van der Waals surface area contributed by atoms with Crippen LogP contribution in [0.2, 0.25) is 0 Å². The zero-order valence-electron chi connectivity index (χ0n) is 31.8. The number of carbonyl (C=O) groups is 1. The van der Waals surface area contributed by atoms with E-state index < -0.39 is 5.41 Å². The molecule has 0 aliphatic rings. The smallest absolute Gasteiger partial charge is 0.164 e. The van der Waals surface area contributed by atoms with E-state index in [1.54, 1.807) is 0 Å². The van der Waals surface area contributed by atoms with Crippen LogP contribution in [0.15, 0.2) is 70.8 Å². The number of aromatic nitrogens is 2. The number of nitrogens with zero attached hydrogens (tertiary/aromatic N) is 2. The number of rotatable bonds is 3. The van der Waals surface area contributed by atoms with Crippen LogP contribution in [0.3, 0.4) is 0 Å². The van der Waals surface area contributed by atoms with E-state index in [1.165, 1.54) is 33.5 Å². The monoisotopic (exact) mass is 848 g/mol. The molecule has 6 rings (SSSR count). The summed E-state index contributed by atoms with van der Waals surface area (Å²) in [6, 6.07) is 22.9. The van der Waals surface area contributed by atoms with Crippen molar-refractivity contribution in [3.05, 3.63) is 95.0 Å². The summed E-state index contributed by atoms with van der Waals surface area (Å²) in [5.74, 6) is 1.13. The Kier molecular flexibility index (Phi) is 10.9. The summed E-state index contributed by atoms with van der Waals surface area (Å²) >= 11 is 0. The van der Waals surface area contributed by atoms with Crippen molar-refractivity contribution in [1.29, 1.82) is 0 Å². The molecule has 0 aliphatic heterocycles. The van der Waals surface area contributed by atoms with Gasteiger partial charge in [-0.15, -0.1) is 18.2 Å². The van der Waals surface area contributed by atoms with Gasteiger partial charge in [0.1, 0.15) is 17.2 Å². The van der Waals surface area contributed by atoms with E-state index in [-0.39, 0.29) is 48.4 Å². The quantitative estimate of drug-likeness (QED) is 0.0831. The predicted molar refractivity (Wildman–Crippen MR) is 205 cm³/mol.